The predicted molar refractivity (Wildman–Crippen MR) is 138 cm³/mol. The van der Waals surface area contributed by atoms with E-state index in [4.69, 9.17) is 29.4 Å². The molecule has 10 atom stereocenters. The number of aromatic nitrogens is 2. The van der Waals surface area contributed by atoms with Gasteiger partial charge in [-0.2, -0.15) is 20.4 Å². The number of ether oxygens (including phenoxy) is 4. The Morgan fingerprint density at radius 2 is 1.67 bits per heavy atom. The van der Waals surface area contributed by atoms with Crippen LogP contribution in [0.1, 0.15) is 6.92 Å². The summed E-state index contributed by atoms with van der Waals surface area (Å²) in [5, 5.41) is 88.4. The van der Waals surface area contributed by atoms with E-state index in [1.54, 1.807) is 0 Å². The summed E-state index contributed by atoms with van der Waals surface area (Å²) < 4.78 is 21.5. The Bertz CT molecular complexity index is 1200. The Morgan fingerprint density at radius 3 is 2.14 bits per heavy atom. The van der Waals surface area contributed by atoms with Crippen molar-refractivity contribution in [1.82, 2.24) is 9.97 Å². The van der Waals surface area contributed by atoms with Gasteiger partial charge in [0.25, 0.3) is 0 Å². The molecular formula is C20H28N6O14S2. The van der Waals surface area contributed by atoms with Gasteiger partial charge in [-0.05, 0) is 22.7 Å². The minimum absolute atomic E-state index is 0.0887. The number of carbonyl (C=O) groups excluding carboxylic acids is 1. The molecule has 0 saturated carbocycles. The van der Waals surface area contributed by atoms with E-state index >= 15 is 0 Å². The first kappa shape index (κ1) is 34.0. The molecule has 234 valence electrons. The van der Waals surface area contributed by atoms with Crippen molar-refractivity contribution >= 4 is 61.3 Å². The molecule has 42 heavy (non-hydrogen) atoms. The molecule has 2 unspecified atom stereocenters. The molecule has 22 heteroatoms. The quantitative estimate of drug-likeness (QED) is 0.0411. The molecule has 20 nitrogen and oxygen atoms in total. The molecule has 0 aromatic carbocycles. The maximum Gasteiger partial charge on any atom is 0.319 e. The van der Waals surface area contributed by atoms with Crippen molar-refractivity contribution in [2.45, 2.75) is 56.1 Å². The van der Waals surface area contributed by atoms with Crippen LogP contribution in [0.25, 0.3) is 0 Å². The lowest BCUT2D eigenvalue weighted by molar-refractivity contribution is -0.991. The number of thiazole rings is 2. The Morgan fingerprint density at radius 1 is 1.10 bits per heavy atom. The zero-order valence-electron chi connectivity index (χ0n) is 21.4. The van der Waals surface area contributed by atoms with E-state index in [0.29, 0.717) is 22.7 Å². The number of aliphatic imine (C=N–C) groups is 2. The molecule has 1 saturated heterocycles. The van der Waals surface area contributed by atoms with Crippen LogP contribution in [0.2, 0.25) is 0 Å². The fraction of sp³-hybridized carbons (Fsp3) is 0.550. The zero-order valence-corrected chi connectivity index (χ0v) is 23.1. The van der Waals surface area contributed by atoms with Gasteiger partial charge < -0.3 is 54.9 Å². The highest BCUT2D eigenvalue weighted by Crippen LogP contribution is 2.28. The van der Waals surface area contributed by atoms with Gasteiger partial charge in [0, 0.05) is 13.1 Å². The van der Waals surface area contributed by atoms with Crippen molar-refractivity contribution in [2.75, 3.05) is 13.2 Å². The molecular weight excluding hydrogens is 612 g/mol. The van der Waals surface area contributed by atoms with Crippen LogP contribution in [0, 0.1) is 10.4 Å². The van der Waals surface area contributed by atoms with Gasteiger partial charge in [-0.25, -0.2) is 20.4 Å². The molecule has 1 aliphatic rings. The van der Waals surface area contributed by atoms with E-state index < -0.39 is 78.8 Å². The highest BCUT2D eigenvalue weighted by molar-refractivity contribution is 7.18. The second-order valence-corrected chi connectivity index (χ2v) is 10.3. The van der Waals surface area contributed by atoms with Gasteiger partial charge in [0.15, 0.2) is 18.7 Å². The number of carbonyl (C=O) groups is 1. The monoisotopic (exact) mass is 640 g/mol. The minimum atomic E-state index is -1.81. The van der Waals surface area contributed by atoms with Gasteiger partial charge in [-0.15, -0.1) is 0 Å². The first-order valence-electron chi connectivity index (χ1n) is 11.8. The molecule has 2 aromatic heterocycles. The number of esters is 1. The Kier molecular flexibility index (Phi) is 12.8. The van der Waals surface area contributed by atoms with E-state index in [1.165, 1.54) is 0 Å². The first-order valence-corrected chi connectivity index (χ1v) is 13.4. The SMILES string of the molecule is CC(=O)O[C@@H]1[C@@H](O)[C@H](CO)O[C@H](O[C@@H](C=Nc2cnc([NH+]([O-])O)s2)[C@@H](CO)O[C@H](O)C=Nc2cnc([NH+]([O-])O)s2)[C@@H]1O. The number of aliphatic hydroxyl groups excluding tert-OH is 5. The van der Waals surface area contributed by atoms with Gasteiger partial charge in [-0.3, -0.25) is 4.79 Å². The van der Waals surface area contributed by atoms with Crippen LogP contribution in [-0.2, 0) is 23.7 Å². The van der Waals surface area contributed by atoms with Crippen molar-refractivity contribution in [3.05, 3.63) is 22.8 Å². The number of nitrogens with zero attached hydrogens (tertiary/aromatic N) is 4. The van der Waals surface area contributed by atoms with Gasteiger partial charge in [0.05, 0.1) is 31.8 Å². The first-order chi connectivity index (χ1) is 19.9. The normalized spacial score (nSPS) is 26.8. The number of quaternary nitrogens is 2. The molecule has 0 bridgehead atoms. The van der Waals surface area contributed by atoms with Crippen molar-refractivity contribution in [1.29, 1.82) is 0 Å². The van der Waals surface area contributed by atoms with E-state index in [2.05, 4.69) is 20.0 Å². The third-order valence-corrected chi connectivity index (χ3v) is 7.09. The second-order valence-electron chi connectivity index (χ2n) is 8.30. The lowest BCUT2D eigenvalue weighted by Crippen LogP contribution is -2.99. The fourth-order valence-electron chi connectivity index (χ4n) is 3.44. The van der Waals surface area contributed by atoms with Crippen LogP contribution < -0.4 is 10.5 Å². The maximum absolute atomic E-state index is 11.5. The Hall–Kier alpha value is -2.49. The molecule has 3 heterocycles. The molecule has 9 N–H and O–H groups in total. The number of aliphatic hydroxyl groups is 5. The molecule has 0 radical (unpaired) electrons. The van der Waals surface area contributed by atoms with E-state index in [9.17, 15) is 40.7 Å². The van der Waals surface area contributed by atoms with Crippen LogP contribution in [-0.4, -0.2) is 127 Å². The third kappa shape index (κ3) is 9.25. The summed E-state index contributed by atoms with van der Waals surface area (Å²) in [4.78, 5) is 26.8. The fourth-order valence-corrected chi connectivity index (χ4v) is 4.66. The van der Waals surface area contributed by atoms with Crippen LogP contribution in [0.4, 0.5) is 20.3 Å². The standard InChI is InChI=1S/C20H28N6O14S2/c1-8(29)37-17-15(31)11(7-28)40-18(16(17)32)39-9(2-21-12-3-23-19(41-12)25(33)34)10(6-27)38-14(30)5-22-13-4-24-20(42-13)26(35)36/h2-5,9-11,14-18,25-28,30-33,35H,6-7H2,1H3/t9-,10+,11-,14-,15-,16+,17+,18-/m0/s1. The van der Waals surface area contributed by atoms with Gasteiger partial charge in [-0.1, -0.05) is 0 Å². The van der Waals surface area contributed by atoms with Crippen molar-refractivity contribution in [3.8, 4) is 0 Å². The minimum Gasteiger partial charge on any atom is -0.593 e. The summed E-state index contributed by atoms with van der Waals surface area (Å²) in [6, 6.07) is 0. The van der Waals surface area contributed by atoms with Gasteiger partial charge in [0.2, 0.25) is 0 Å². The summed E-state index contributed by atoms with van der Waals surface area (Å²) in [5.74, 6) is -0.858. The van der Waals surface area contributed by atoms with Crippen LogP contribution in [0.3, 0.4) is 0 Å². The summed E-state index contributed by atoms with van der Waals surface area (Å²) in [5.41, 5.74) is 0. The lowest BCUT2D eigenvalue weighted by Gasteiger charge is -2.42. The summed E-state index contributed by atoms with van der Waals surface area (Å²) in [6.45, 7) is -0.572. The largest absolute Gasteiger partial charge is 0.593 e. The number of hydrogen-bond acceptors (Lipinski definition) is 20. The smallest absolute Gasteiger partial charge is 0.319 e. The number of rotatable bonds is 14. The highest BCUT2D eigenvalue weighted by atomic mass is 32.1. The molecule has 2 aromatic rings. The van der Waals surface area contributed by atoms with Crippen LogP contribution in [0.15, 0.2) is 22.4 Å². The Balaban J connectivity index is 1.84. The molecule has 0 spiro atoms. The van der Waals surface area contributed by atoms with Gasteiger partial charge >= 0.3 is 16.2 Å². The van der Waals surface area contributed by atoms with E-state index in [-0.39, 0.29) is 20.3 Å². The molecule has 3 rings (SSSR count). The van der Waals surface area contributed by atoms with Crippen molar-refractivity contribution < 1.29 is 70.1 Å². The van der Waals surface area contributed by atoms with Gasteiger partial charge in [0.1, 0.15) is 40.5 Å². The molecule has 1 fully saturated rings. The van der Waals surface area contributed by atoms with Crippen LogP contribution >= 0.6 is 22.7 Å². The highest BCUT2D eigenvalue weighted by Gasteiger charge is 2.48. The van der Waals surface area contributed by atoms with E-state index in [0.717, 1.165) is 31.7 Å². The third-order valence-electron chi connectivity index (χ3n) is 5.31. The van der Waals surface area contributed by atoms with Crippen LogP contribution in [0.5, 0.6) is 0 Å². The van der Waals surface area contributed by atoms with Crippen molar-refractivity contribution in [2.24, 2.45) is 9.98 Å². The average molecular weight is 641 g/mol. The molecule has 1 aliphatic heterocycles. The second kappa shape index (κ2) is 15.8. The average Bonchev–Trinajstić information content (AvgIpc) is 3.62. The summed E-state index contributed by atoms with van der Waals surface area (Å²) in [6.07, 6.45) is -8.70. The maximum atomic E-state index is 11.5. The summed E-state index contributed by atoms with van der Waals surface area (Å²) in [7, 11) is 0. The molecule has 0 amide bonds. The predicted octanol–water partition coefficient (Wildman–Crippen LogP) is -4.04. The zero-order chi connectivity index (χ0) is 31.0. The van der Waals surface area contributed by atoms with Crippen molar-refractivity contribution in [3.63, 3.8) is 0 Å². The summed E-state index contributed by atoms with van der Waals surface area (Å²) >= 11 is 1.41. The number of hydrogen-bond donors (Lipinski definition) is 9. The van der Waals surface area contributed by atoms with E-state index in [1.807, 2.05) is 0 Å². The number of nitrogens with one attached hydrogen (secondary N) is 2. The molecule has 0 aliphatic carbocycles. The lowest BCUT2D eigenvalue weighted by atomic mass is 9.99. The Labute approximate surface area is 243 Å². The topological polar surface area (TPSA) is 301 Å².